The summed E-state index contributed by atoms with van der Waals surface area (Å²) < 4.78 is 75.5. The SMILES string of the molecule is COc1ccc(S(=O)(=O)Nc2ccccc2OC(F)(F)F)cc1C12CNCCC1C2. The highest BCUT2D eigenvalue weighted by molar-refractivity contribution is 7.92. The third-order valence-electron chi connectivity index (χ3n) is 5.72. The number of nitrogens with one attached hydrogen (secondary N) is 2. The third-order valence-corrected chi connectivity index (χ3v) is 7.08. The summed E-state index contributed by atoms with van der Waals surface area (Å²) in [6.07, 6.45) is -3.00. The molecule has 162 valence electrons. The fourth-order valence-corrected chi connectivity index (χ4v) is 5.30. The summed E-state index contributed by atoms with van der Waals surface area (Å²) in [6, 6.07) is 9.52. The Morgan fingerprint density at radius 3 is 2.63 bits per heavy atom. The van der Waals surface area contributed by atoms with Crippen LogP contribution in [0, 0.1) is 5.92 Å². The first-order chi connectivity index (χ1) is 14.1. The van der Waals surface area contributed by atoms with Gasteiger partial charge in [0, 0.05) is 17.5 Å². The molecule has 0 amide bonds. The molecule has 2 N–H and O–H groups in total. The van der Waals surface area contributed by atoms with Gasteiger partial charge < -0.3 is 14.8 Å². The number of anilines is 1. The molecule has 2 aromatic rings. The highest BCUT2D eigenvalue weighted by Gasteiger charge is 2.57. The maximum atomic E-state index is 13.0. The molecule has 0 bridgehead atoms. The van der Waals surface area contributed by atoms with Crippen LogP contribution in [0.25, 0.3) is 0 Å². The van der Waals surface area contributed by atoms with Gasteiger partial charge in [0.25, 0.3) is 10.0 Å². The van der Waals surface area contributed by atoms with Crippen molar-refractivity contribution in [1.82, 2.24) is 5.32 Å². The molecule has 30 heavy (non-hydrogen) atoms. The summed E-state index contributed by atoms with van der Waals surface area (Å²) in [4.78, 5) is -0.0503. The maximum absolute atomic E-state index is 13.0. The summed E-state index contributed by atoms with van der Waals surface area (Å²) in [7, 11) is -2.63. The van der Waals surface area contributed by atoms with Crippen LogP contribution in [0.4, 0.5) is 18.9 Å². The number of sulfonamides is 1. The number of benzene rings is 2. The van der Waals surface area contributed by atoms with E-state index >= 15 is 0 Å². The first-order valence-corrected chi connectivity index (χ1v) is 10.9. The van der Waals surface area contributed by atoms with Crippen molar-refractivity contribution in [3.05, 3.63) is 48.0 Å². The van der Waals surface area contributed by atoms with E-state index in [9.17, 15) is 21.6 Å². The van der Waals surface area contributed by atoms with Crippen LogP contribution < -0.4 is 19.5 Å². The van der Waals surface area contributed by atoms with Gasteiger partial charge in [-0.15, -0.1) is 13.2 Å². The minimum Gasteiger partial charge on any atom is -0.496 e. The number of piperidine rings is 1. The van der Waals surface area contributed by atoms with Gasteiger partial charge in [-0.2, -0.15) is 0 Å². The van der Waals surface area contributed by atoms with Crippen LogP contribution in [-0.2, 0) is 15.4 Å². The number of methoxy groups -OCH3 is 1. The minimum absolute atomic E-state index is 0.0503. The van der Waals surface area contributed by atoms with E-state index in [2.05, 4.69) is 14.8 Å². The molecule has 2 aliphatic rings. The quantitative estimate of drug-likeness (QED) is 0.714. The van der Waals surface area contributed by atoms with Gasteiger partial charge in [0.05, 0.1) is 17.7 Å². The van der Waals surface area contributed by atoms with Gasteiger partial charge in [0.2, 0.25) is 0 Å². The minimum atomic E-state index is -4.94. The van der Waals surface area contributed by atoms with Crippen molar-refractivity contribution < 1.29 is 31.1 Å². The van der Waals surface area contributed by atoms with Gasteiger partial charge in [-0.3, -0.25) is 4.72 Å². The normalized spacial score (nSPS) is 23.4. The second-order valence-corrected chi connectivity index (χ2v) is 9.22. The van der Waals surface area contributed by atoms with Crippen LogP contribution in [0.3, 0.4) is 0 Å². The van der Waals surface area contributed by atoms with Gasteiger partial charge >= 0.3 is 6.36 Å². The van der Waals surface area contributed by atoms with Crippen LogP contribution in [-0.4, -0.2) is 35.0 Å². The fourth-order valence-electron chi connectivity index (χ4n) is 4.20. The lowest BCUT2D eigenvalue weighted by molar-refractivity contribution is -0.274. The monoisotopic (exact) mass is 442 g/mol. The number of halogens is 3. The highest BCUT2D eigenvalue weighted by atomic mass is 32.2. The lowest BCUT2D eigenvalue weighted by Gasteiger charge is -2.26. The largest absolute Gasteiger partial charge is 0.573 e. The predicted octanol–water partition coefficient (Wildman–Crippen LogP) is 3.65. The lowest BCUT2D eigenvalue weighted by atomic mass is 9.89. The van der Waals surface area contributed by atoms with Gasteiger partial charge in [0.15, 0.2) is 5.75 Å². The number of hydrogen-bond acceptors (Lipinski definition) is 5. The molecule has 0 radical (unpaired) electrons. The number of para-hydroxylation sites is 2. The summed E-state index contributed by atoms with van der Waals surface area (Å²) in [5.74, 6) is 0.431. The summed E-state index contributed by atoms with van der Waals surface area (Å²) in [5.41, 5.74) is 0.325. The molecule has 2 aromatic carbocycles. The van der Waals surface area contributed by atoms with Crippen LogP contribution in [0.1, 0.15) is 18.4 Å². The van der Waals surface area contributed by atoms with Gasteiger partial charge in [0.1, 0.15) is 5.75 Å². The molecule has 2 unspecified atom stereocenters. The molecule has 1 saturated carbocycles. The Balaban J connectivity index is 1.67. The molecule has 1 heterocycles. The lowest BCUT2D eigenvalue weighted by Crippen LogP contribution is -2.34. The van der Waals surface area contributed by atoms with E-state index in [1.54, 1.807) is 12.1 Å². The predicted molar refractivity (Wildman–Crippen MR) is 104 cm³/mol. The first-order valence-electron chi connectivity index (χ1n) is 9.41. The van der Waals surface area contributed by atoms with Crippen molar-refractivity contribution >= 4 is 15.7 Å². The van der Waals surface area contributed by atoms with E-state index in [1.165, 1.54) is 31.4 Å². The van der Waals surface area contributed by atoms with Crippen molar-refractivity contribution in [3.63, 3.8) is 0 Å². The standard InChI is InChI=1S/C20H21F3N2O4S/c1-28-17-7-6-14(10-15(17)19-11-13(19)8-9-24-12-19)30(26,27)25-16-4-2-3-5-18(16)29-20(21,22)23/h2-7,10,13,24-25H,8-9,11-12H2,1H3. The molecular weight excluding hydrogens is 421 g/mol. The average Bonchev–Trinajstić information content (AvgIpc) is 3.43. The zero-order valence-corrected chi connectivity index (χ0v) is 16.9. The number of rotatable bonds is 6. The molecule has 1 aliphatic carbocycles. The van der Waals surface area contributed by atoms with Crippen molar-refractivity contribution in [2.45, 2.75) is 29.5 Å². The Hall–Kier alpha value is -2.46. The van der Waals surface area contributed by atoms with E-state index in [0.29, 0.717) is 11.7 Å². The molecule has 1 aliphatic heterocycles. The first kappa shape index (κ1) is 20.8. The zero-order chi connectivity index (χ0) is 21.6. The zero-order valence-electron chi connectivity index (χ0n) is 16.1. The summed E-state index contributed by atoms with van der Waals surface area (Å²) >= 11 is 0. The Bertz CT molecular complexity index is 1060. The molecular formula is C20H21F3N2O4S. The summed E-state index contributed by atoms with van der Waals surface area (Å²) in [5, 5.41) is 3.35. The maximum Gasteiger partial charge on any atom is 0.573 e. The van der Waals surface area contributed by atoms with Crippen LogP contribution >= 0.6 is 0 Å². The number of fused-ring (bicyclic) bond motifs is 1. The fraction of sp³-hybridized carbons (Fsp3) is 0.400. The molecule has 2 fully saturated rings. The molecule has 0 spiro atoms. The van der Waals surface area contributed by atoms with Crippen molar-refractivity contribution in [2.24, 2.45) is 5.92 Å². The molecule has 1 saturated heterocycles. The smallest absolute Gasteiger partial charge is 0.496 e. The number of alkyl halides is 3. The molecule has 2 atom stereocenters. The number of ether oxygens (including phenoxy) is 2. The van der Waals surface area contributed by atoms with E-state index in [0.717, 1.165) is 37.6 Å². The van der Waals surface area contributed by atoms with E-state index in [4.69, 9.17) is 4.74 Å². The van der Waals surface area contributed by atoms with Crippen LogP contribution in [0.15, 0.2) is 47.4 Å². The third kappa shape index (κ3) is 3.93. The highest BCUT2D eigenvalue weighted by Crippen LogP contribution is 2.59. The van der Waals surface area contributed by atoms with Gasteiger partial charge in [-0.1, -0.05) is 12.1 Å². The topological polar surface area (TPSA) is 76.7 Å². The Morgan fingerprint density at radius 1 is 1.17 bits per heavy atom. The van der Waals surface area contributed by atoms with Gasteiger partial charge in [-0.05, 0) is 55.6 Å². The second-order valence-electron chi connectivity index (χ2n) is 7.53. The molecule has 10 heteroatoms. The molecule has 0 aromatic heterocycles. The Morgan fingerprint density at radius 2 is 1.93 bits per heavy atom. The van der Waals surface area contributed by atoms with Crippen LogP contribution in [0.5, 0.6) is 11.5 Å². The van der Waals surface area contributed by atoms with Gasteiger partial charge in [-0.25, -0.2) is 8.42 Å². The number of hydrogen-bond donors (Lipinski definition) is 2. The van der Waals surface area contributed by atoms with E-state index in [1.807, 2.05) is 0 Å². The average molecular weight is 442 g/mol. The summed E-state index contributed by atoms with van der Waals surface area (Å²) in [6.45, 7) is 1.65. The van der Waals surface area contributed by atoms with E-state index in [-0.39, 0.29) is 16.0 Å². The van der Waals surface area contributed by atoms with Crippen molar-refractivity contribution in [3.8, 4) is 11.5 Å². The Labute approximate surface area is 172 Å². The Kier molecular flexibility index (Phi) is 5.09. The van der Waals surface area contributed by atoms with E-state index < -0.39 is 22.1 Å². The second kappa shape index (κ2) is 7.35. The molecule has 4 rings (SSSR count). The molecule has 6 nitrogen and oxygen atoms in total. The van der Waals surface area contributed by atoms with Crippen molar-refractivity contribution in [1.29, 1.82) is 0 Å². The van der Waals surface area contributed by atoms with Crippen LogP contribution in [0.2, 0.25) is 0 Å². The van der Waals surface area contributed by atoms with Crippen molar-refractivity contribution in [2.75, 3.05) is 24.9 Å².